The van der Waals surface area contributed by atoms with Crippen LogP contribution in [0, 0.1) is 0 Å². The molecule has 2 fully saturated rings. The van der Waals surface area contributed by atoms with Crippen LogP contribution >= 0.6 is 0 Å². The van der Waals surface area contributed by atoms with Crippen LogP contribution in [-0.2, 0) is 21.2 Å². The maximum atomic E-state index is 12.7. The summed E-state index contributed by atoms with van der Waals surface area (Å²) >= 11 is 0. The molecule has 1 aromatic rings. The van der Waals surface area contributed by atoms with Crippen molar-refractivity contribution in [3.8, 4) is 0 Å². The summed E-state index contributed by atoms with van der Waals surface area (Å²) in [6.07, 6.45) is 6.80. The van der Waals surface area contributed by atoms with E-state index in [0.717, 1.165) is 62.9 Å². The lowest BCUT2D eigenvalue weighted by atomic mass is 10.2. The van der Waals surface area contributed by atoms with Gasteiger partial charge < -0.3 is 10.2 Å². The molecule has 3 aliphatic rings. The molecule has 2 N–H and O–H groups in total. The van der Waals surface area contributed by atoms with E-state index < -0.39 is 10.0 Å². The molecule has 29 heavy (non-hydrogen) atoms. The van der Waals surface area contributed by atoms with Gasteiger partial charge in [0.25, 0.3) is 0 Å². The number of carbonyl (C=O) groups excluding carboxylic acids is 2. The number of fused-ring (bicyclic) bond motifs is 1. The Labute approximate surface area is 171 Å². The van der Waals surface area contributed by atoms with Crippen LogP contribution in [0.5, 0.6) is 0 Å². The number of amides is 3. The van der Waals surface area contributed by atoms with Gasteiger partial charge in [0.15, 0.2) is 0 Å². The molecule has 1 aliphatic carbocycles. The zero-order valence-corrected chi connectivity index (χ0v) is 17.3. The maximum Gasteiger partial charge on any atom is 0.324 e. The Bertz CT molecular complexity index is 890. The molecule has 158 valence electrons. The molecule has 0 unspecified atom stereocenters. The predicted molar refractivity (Wildman–Crippen MR) is 109 cm³/mol. The number of nitrogens with zero attached hydrogens (tertiary/aromatic N) is 2. The van der Waals surface area contributed by atoms with E-state index in [9.17, 15) is 18.0 Å². The van der Waals surface area contributed by atoms with Gasteiger partial charge in [-0.3, -0.25) is 9.69 Å². The maximum absolute atomic E-state index is 12.7. The zero-order chi connectivity index (χ0) is 20.4. The fraction of sp³-hybridized carbons (Fsp3) is 0.600. The van der Waals surface area contributed by atoms with Crippen molar-refractivity contribution in [2.45, 2.75) is 55.9 Å². The van der Waals surface area contributed by atoms with Crippen molar-refractivity contribution < 1.29 is 18.0 Å². The van der Waals surface area contributed by atoms with E-state index in [1.54, 1.807) is 17.0 Å². The highest BCUT2D eigenvalue weighted by atomic mass is 32.2. The summed E-state index contributed by atoms with van der Waals surface area (Å²) in [5.41, 5.74) is 1.62. The zero-order valence-electron chi connectivity index (χ0n) is 16.5. The highest BCUT2D eigenvalue weighted by Crippen LogP contribution is 2.31. The number of sulfonamides is 1. The van der Waals surface area contributed by atoms with E-state index in [1.165, 1.54) is 6.07 Å². The molecule has 0 spiro atoms. The van der Waals surface area contributed by atoms with E-state index in [0.29, 0.717) is 13.0 Å². The number of anilines is 1. The molecule has 0 radical (unpaired) electrons. The summed E-state index contributed by atoms with van der Waals surface area (Å²) in [6, 6.07) is 4.98. The summed E-state index contributed by atoms with van der Waals surface area (Å²) in [6.45, 7) is 1.86. The van der Waals surface area contributed by atoms with Crippen molar-refractivity contribution in [3.63, 3.8) is 0 Å². The lowest BCUT2D eigenvalue weighted by Gasteiger charge is -2.24. The van der Waals surface area contributed by atoms with Gasteiger partial charge in [0.05, 0.1) is 11.4 Å². The van der Waals surface area contributed by atoms with Crippen molar-refractivity contribution in [1.82, 2.24) is 14.9 Å². The van der Waals surface area contributed by atoms with Crippen LogP contribution in [-0.4, -0.2) is 57.5 Å². The van der Waals surface area contributed by atoms with Crippen LogP contribution in [0.3, 0.4) is 0 Å². The molecular formula is C20H28N4O4S. The Morgan fingerprint density at radius 3 is 2.48 bits per heavy atom. The van der Waals surface area contributed by atoms with Crippen LogP contribution < -0.4 is 14.9 Å². The largest absolute Gasteiger partial charge is 0.352 e. The third-order valence-corrected chi connectivity index (χ3v) is 7.41. The average molecular weight is 421 g/mol. The van der Waals surface area contributed by atoms with Gasteiger partial charge in [-0.05, 0) is 55.9 Å². The van der Waals surface area contributed by atoms with Crippen molar-refractivity contribution >= 4 is 27.6 Å². The first kappa shape index (κ1) is 20.2. The van der Waals surface area contributed by atoms with Crippen LogP contribution in [0.1, 0.15) is 44.1 Å². The normalized spacial score (nSPS) is 19.6. The Kier molecular flexibility index (Phi) is 5.78. The molecule has 1 saturated heterocycles. The Morgan fingerprint density at radius 2 is 1.76 bits per heavy atom. The molecule has 9 heteroatoms. The Morgan fingerprint density at radius 1 is 1.03 bits per heavy atom. The summed E-state index contributed by atoms with van der Waals surface area (Å²) in [5, 5.41) is 2.87. The van der Waals surface area contributed by atoms with E-state index in [2.05, 4.69) is 10.0 Å². The van der Waals surface area contributed by atoms with E-state index in [4.69, 9.17) is 0 Å². The number of benzene rings is 1. The van der Waals surface area contributed by atoms with Gasteiger partial charge in [-0.2, -0.15) is 0 Å². The summed E-state index contributed by atoms with van der Waals surface area (Å²) in [5.74, 6) is -0.302. The number of carbonyl (C=O) groups is 2. The number of rotatable bonds is 5. The fourth-order valence-corrected chi connectivity index (χ4v) is 5.45. The molecular weight excluding hydrogens is 392 g/mol. The SMILES string of the molecule is O=C(CNS(=O)(=O)c1ccc2c(c1)CCN2C(=O)N1CCCC1)NC1CCCC1. The predicted octanol–water partition coefficient (Wildman–Crippen LogP) is 1.60. The molecule has 3 amide bonds. The van der Waals surface area contributed by atoms with Crippen LogP contribution in [0.25, 0.3) is 0 Å². The number of nitrogens with one attached hydrogen (secondary N) is 2. The quantitative estimate of drug-likeness (QED) is 0.756. The van der Waals surface area contributed by atoms with Crippen LogP contribution in [0.15, 0.2) is 23.1 Å². The molecule has 8 nitrogen and oxygen atoms in total. The topological polar surface area (TPSA) is 98.8 Å². The van der Waals surface area contributed by atoms with Gasteiger partial charge >= 0.3 is 6.03 Å². The Balaban J connectivity index is 1.40. The first-order valence-corrected chi connectivity index (χ1v) is 11.9. The molecule has 2 heterocycles. The number of urea groups is 1. The third kappa shape index (κ3) is 4.40. The lowest BCUT2D eigenvalue weighted by molar-refractivity contribution is -0.120. The number of hydrogen-bond acceptors (Lipinski definition) is 4. The van der Waals surface area contributed by atoms with Crippen molar-refractivity contribution in [2.24, 2.45) is 0 Å². The highest BCUT2D eigenvalue weighted by Gasteiger charge is 2.31. The first-order valence-electron chi connectivity index (χ1n) is 10.4. The second-order valence-corrected chi connectivity index (χ2v) is 9.81. The summed E-state index contributed by atoms with van der Waals surface area (Å²) in [4.78, 5) is 28.4. The lowest BCUT2D eigenvalue weighted by Crippen LogP contribution is -2.41. The number of hydrogen-bond donors (Lipinski definition) is 2. The fourth-order valence-electron chi connectivity index (χ4n) is 4.42. The summed E-state index contributed by atoms with van der Waals surface area (Å²) in [7, 11) is -3.79. The highest BCUT2D eigenvalue weighted by molar-refractivity contribution is 7.89. The van der Waals surface area contributed by atoms with Gasteiger partial charge in [0, 0.05) is 31.4 Å². The van der Waals surface area contributed by atoms with E-state index >= 15 is 0 Å². The third-order valence-electron chi connectivity index (χ3n) is 6.01. The smallest absolute Gasteiger partial charge is 0.324 e. The summed E-state index contributed by atoms with van der Waals surface area (Å²) < 4.78 is 27.6. The minimum atomic E-state index is -3.79. The minimum Gasteiger partial charge on any atom is -0.352 e. The van der Waals surface area contributed by atoms with Crippen molar-refractivity contribution in [3.05, 3.63) is 23.8 Å². The average Bonchev–Trinajstić information content (AvgIpc) is 3.46. The minimum absolute atomic E-state index is 0.00133. The van der Waals surface area contributed by atoms with Gasteiger partial charge in [0.2, 0.25) is 15.9 Å². The Hall–Kier alpha value is -2.13. The van der Waals surface area contributed by atoms with E-state index in [-0.39, 0.29) is 29.4 Å². The second-order valence-electron chi connectivity index (χ2n) is 8.04. The van der Waals surface area contributed by atoms with Gasteiger partial charge in [-0.15, -0.1) is 0 Å². The molecule has 4 rings (SSSR count). The monoisotopic (exact) mass is 420 g/mol. The molecule has 1 saturated carbocycles. The van der Waals surface area contributed by atoms with Crippen molar-refractivity contribution in [1.29, 1.82) is 0 Å². The van der Waals surface area contributed by atoms with Crippen molar-refractivity contribution in [2.75, 3.05) is 31.1 Å². The molecule has 1 aromatic carbocycles. The molecule has 0 bridgehead atoms. The van der Waals surface area contributed by atoms with Crippen LogP contribution in [0.4, 0.5) is 10.5 Å². The van der Waals surface area contributed by atoms with E-state index in [1.807, 2.05) is 4.90 Å². The number of likely N-dealkylation sites (tertiary alicyclic amines) is 1. The van der Waals surface area contributed by atoms with Crippen LogP contribution in [0.2, 0.25) is 0 Å². The molecule has 2 aliphatic heterocycles. The standard InChI is InChI=1S/C20H28N4O4S/c25-19(22-16-5-1-2-6-16)14-21-29(27,28)17-7-8-18-15(13-17)9-12-24(18)20(26)23-10-3-4-11-23/h7-8,13,16,21H,1-6,9-12,14H2,(H,22,25). The molecule has 0 atom stereocenters. The second kappa shape index (κ2) is 8.31. The first-order chi connectivity index (χ1) is 13.9. The van der Waals surface area contributed by atoms with Gasteiger partial charge in [-0.25, -0.2) is 17.9 Å². The molecule has 0 aromatic heterocycles. The van der Waals surface area contributed by atoms with Gasteiger partial charge in [-0.1, -0.05) is 12.8 Å². The van der Waals surface area contributed by atoms with Gasteiger partial charge in [0.1, 0.15) is 0 Å².